The minimum absolute atomic E-state index is 0.0129. The highest BCUT2D eigenvalue weighted by Crippen LogP contribution is 2.27. The fraction of sp³-hybridized carbons (Fsp3) is 0.350. The van der Waals surface area contributed by atoms with E-state index in [2.05, 4.69) is 22.2 Å². The van der Waals surface area contributed by atoms with E-state index < -0.39 is 0 Å². The van der Waals surface area contributed by atoms with Crippen LogP contribution < -0.4 is 5.32 Å². The molecule has 4 nitrogen and oxygen atoms in total. The van der Waals surface area contributed by atoms with Gasteiger partial charge in [-0.3, -0.25) is 9.69 Å². The van der Waals surface area contributed by atoms with Gasteiger partial charge in [-0.1, -0.05) is 48.0 Å². The number of hydrogen-bond donors (Lipinski definition) is 1. The van der Waals surface area contributed by atoms with Gasteiger partial charge in [-0.05, 0) is 37.2 Å². The number of rotatable bonds is 4. The molecule has 1 fully saturated rings. The summed E-state index contributed by atoms with van der Waals surface area (Å²) in [6, 6.07) is 15.3. The number of piperazine rings is 1. The molecule has 0 aliphatic carbocycles. The largest absolute Gasteiger partial charge is 0.324 e. The van der Waals surface area contributed by atoms with Crippen molar-refractivity contribution in [2.75, 3.05) is 38.5 Å². The van der Waals surface area contributed by atoms with E-state index in [1.165, 1.54) is 0 Å². The molecule has 1 aliphatic heterocycles. The number of nitrogens with zero attached hydrogens (tertiary/aromatic N) is 2. The van der Waals surface area contributed by atoms with E-state index in [-0.39, 0.29) is 11.9 Å². The van der Waals surface area contributed by atoms with Gasteiger partial charge >= 0.3 is 0 Å². The molecule has 0 saturated carbocycles. The maximum atomic E-state index is 13.1. The fourth-order valence-electron chi connectivity index (χ4n) is 3.19. The lowest BCUT2D eigenvalue weighted by Crippen LogP contribution is -2.48. The van der Waals surface area contributed by atoms with Gasteiger partial charge in [0, 0.05) is 36.9 Å². The number of nitrogens with one attached hydrogen (secondary N) is 1. The Hall–Kier alpha value is -1.88. The third kappa shape index (κ3) is 4.21. The average molecular weight is 358 g/mol. The van der Waals surface area contributed by atoms with Crippen LogP contribution in [0.4, 0.5) is 5.69 Å². The maximum absolute atomic E-state index is 13.1. The van der Waals surface area contributed by atoms with Crippen LogP contribution in [0.2, 0.25) is 5.02 Å². The Morgan fingerprint density at radius 3 is 2.40 bits per heavy atom. The van der Waals surface area contributed by atoms with Crippen LogP contribution in [0.15, 0.2) is 48.5 Å². The Bertz CT molecular complexity index is 727. The molecular formula is C20H24ClN3O. The van der Waals surface area contributed by atoms with Gasteiger partial charge in [-0.25, -0.2) is 0 Å². The molecule has 1 aliphatic rings. The fourth-order valence-corrected chi connectivity index (χ4v) is 3.36. The minimum atomic E-state index is -0.298. The van der Waals surface area contributed by atoms with E-state index in [1.54, 1.807) is 0 Å². The normalized spacial score (nSPS) is 17.2. The van der Waals surface area contributed by atoms with Crippen molar-refractivity contribution in [1.82, 2.24) is 9.80 Å². The van der Waals surface area contributed by atoms with Gasteiger partial charge in [0.25, 0.3) is 0 Å². The van der Waals surface area contributed by atoms with Crippen molar-refractivity contribution < 1.29 is 4.79 Å². The average Bonchev–Trinajstić information content (AvgIpc) is 2.62. The highest BCUT2D eigenvalue weighted by atomic mass is 35.5. The van der Waals surface area contributed by atoms with Crippen molar-refractivity contribution in [3.8, 4) is 0 Å². The van der Waals surface area contributed by atoms with Crippen molar-refractivity contribution in [3.63, 3.8) is 0 Å². The summed E-state index contributed by atoms with van der Waals surface area (Å²) in [5.74, 6) is -0.0129. The highest BCUT2D eigenvalue weighted by molar-refractivity contribution is 6.31. The number of likely N-dealkylation sites (N-methyl/N-ethyl adjacent to an activating group) is 1. The number of carbonyl (C=O) groups is 1. The monoisotopic (exact) mass is 357 g/mol. The second-order valence-electron chi connectivity index (χ2n) is 6.55. The topological polar surface area (TPSA) is 35.6 Å². The molecule has 25 heavy (non-hydrogen) atoms. The molecule has 132 valence electrons. The first kappa shape index (κ1) is 17.9. The molecule has 0 bridgehead atoms. The lowest BCUT2D eigenvalue weighted by atomic mass is 10.0. The molecule has 3 rings (SSSR count). The second-order valence-corrected chi connectivity index (χ2v) is 6.96. The van der Waals surface area contributed by atoms with E-state index in [1.807, 2.05) is 55.5 Å². The zero-order chi connectivity index (χ0) is 17.8. The zero-order valence-corrected chi connectivity index (χ0v) is 15.5. The zero-order valence-electron chi connectivity index (χ0n) is 14.7. The van der Waals surface area contributed by atoms with Gasteiger partial charge in [0.2, 0.25) is 5.91 Å². The van der Waals surface area contributed by atoms with Gasteiger partial charge in [0.15, 0.2) is 0 Å². The van der Waals surface area contributed by atoms with Crippen molar-refractivity contribution in [2.45, 2.75) is 13.0 Å². The summed E-state index contributed by atoms with van der Waals surface area (Å²) in [5.41, 5.74) is 2.68. The lowest BCUT2D eigenvalue weighted by molar-refractivity contribution is -0.122. The van der Waals surface area contributed by atoms with Gasteiger partial charge in [-0.15, -0.1) is 0 Å². The number of halogens is 1. The molecular weight excluding hydrogens is 334 g/mol. The quantitative estimate of drug-likeness (QED) is 0.908. The smallest absolute Gasteiger partial charge is 0.246 e. The van der Waals surface area contributed by atoms with E-state index in [0.29, 0.717) is 5.02 Å². The molecule has 2 aromatic carbocycles. The molecule has 0 spiro atoms. The second kappa shape index (κ2) is 8.00. The predicted molar refractivity (Wildman–Crippen MR) is 103 cm³/mol. The van der Waals surface area contributed by atoms with Crippen LogP contribution in [-0.2, 0) is 4.79 Å². The molecule has 1 saturated heterocycles. The Morgan fingerprint density at radius 1 is 1.04 bits per heavy atom. The maximum Gasteiger partial charge on any atom is 0.246 e. The summed E-state index contributed by atoms with van der Waals surface area (Å²) in [5, 5.41) is 3.74. The van der Waals surface area contributed by atoms with Crippen molar-refractivity contribution >= 4 is 23.2 Å². The molecule has 5 heteroatoms. The third-order valence-corrected chi connectivity index (χ3v) is 5.20. The minimum Gasteiger partial charge on any atom is -0.324 e. The first-order valence-corrected chi connectivity index (χ1v) is 8.97. The standard InChI is InChI=1S/C20H24ClN3O/c1-15-17(21)9-6-10-18(15)22-20(25)19(16-7-4-3-5-8-16)24-13-11-23(2)12-14-24/h3-10,19H,11-14H2,1-2H3,(H,22,25)/t19-/m1/s1. The Kier molecular flexibility index (Phi) is 5.74. The van der Waals surface area contributed by atoms with Crippen LogP contribution in [0.1, 0.15) is 17.2 Å². The molecule has 1 atom stereocenters. The molecule has 2 aromatic rings. The first-order valence-electron chi connectivity index (χ1n) is 8.60. The third-order valence-electron chi connectivity index (χ3n) is 4.79. The van der Waals surface area contributed by atoms with Crippen LogP contribution in [-0.4, -0.2) is 48.9 Å². The Morgan fingerprint density at radius 2 is 1.72 bits per heavy atom. The number of carbonyl (C=O) groups excluding carboxylic acids is 1. The molecule has 0 aromatic heterocycles. The SMILES string of the molecule is Cc1c(Cl)cccc1NC(=O)[C@@H](c1ccccc1)N1CCN(C)CC1. The summed E-state index contributed by atoms with van der Waals surface area (Å²) < 4.78 is 0. The molecule has 1 amide bonds. The van der Waals surface area contributed by atoms with E-state index in [0.717, 1.165) is 43.0 Å². The first-order chi connectivity index (χ1) is 12.1. The molecule has 0 radical (unpaired) electrons. The van der Waals surface area contributed by atoms with Crippen molar-refractivity contribution in [2.24, 2.45) is 0 Å². The number of hydrogen-bond acceptors (Lipinski definition) is 3. The predicted octanol–water partition coefficient (Wildman–Crippen LogP) is 3.58. The van der Waals surface area contributed by atoms with Gasteiger partial charge < -0.3 is 10.2 Å². The summed E-state index contributed by atoms with van der Waals surface area (Å²) in [4.78, 5) is 17.7. The van der Waals surface area contributed by atoms with Crippen molar-refractivity contribution in [3.05, 3.63) is 64.7 Å². The number of amides is 1. The van der Waals surface area contributed by atoms with Crippen LogP contribution in [0, 0.1) is 6.92 Å². The van der Waals surface area contributed by atoms with Crippen LogP contribution in [0.5, 0.6) is 0 Å². The van der Waals surface area contributed by atoms with Crippen LogP contribution >= 0.6 is 11.6 Å². The summed E-state index contributed by atoms with van der Waals surface area (Å²) in [6.07, 6.45) is 0. The Balaban J connectivity index is 1.86. The van der Waals surface area contributed by atoms with E-state index in [4.69, 9.17) is 11.6 Å². The van der Waals surface area contributed by atoms with Gasteiger partial charge in [0.05, 0.1) is 0 Å². The summed E-state index contributed by atoms with van der Waals surface area (Å²) in [6.45, 7) is 5.60. The van der Waals surface area contributed by atoms with E-state index in [9.17, 15) is 4.79 Å². The lowest BCUT2D eigenvalue weighted by Gasteiger charge is -2.37. The van der Waals surface area contributed by atoms with Crippen LogP contribution in [0.3, 0.4) is 0 Å². The van der Waals surface area contributed by atoms with Gasteiger partial charge in [0.1, 0.15) is 6.04 Å². The molecule has 1 N–H and O–H groups in total. The number of anilines is 1. The highest BCUT2D eigenvalue weighted by Gasteiger charge is 2.30. The summed E-state index contributed by atoms with van der Waals surface area (Å²) in [7, 11) is 2.12. The molecule has 0 unspecified atom stereocenters. The summed E-state index contributed by atoms with van der Waals surface area (Å²) >= 11 is 6.19. The van der Waals surface area contributed by atoms with E-state index >= 15 is 0 Å². The van der Waals surface area contributed by atoms with Gasteiger partial charge in [-0.2, -0.15) is 0 Å². The van der Waals surface area contributed by atoms with Crippen LogP contribution in [0.25, 0.3) is 0 Å². The van der Waals surface area contributed by atoms with Crippen molar-refractivity contribution in [1.29, 1.82) is 0 Å². The number of benzene rings is 2. The Labute approximate surface area is 154 Å². The molecule has 1 heterocycles.